The minimum atomic E-state index is -2.55. The molecule has 1 aromatic carbocycles. The molecule has 0 aliphatic heterocycles. The lowest BCUT2D eigenvalue weighted by molar-refractivity contribution is 0.201. The van der Waals surface area contributed by atoms with Gasteiger partial charge in [0, 0.05) is 18.4 Å². The van der Waals surface area contributed by atoms with Gasteiger partial charge in [-0.3, -0.25) is 0 Å². The summed E-state index contributed by atoms with van der Waals surface area (Å²) in [6.45, 7) is 6.74. The monoisotopic (exact) mass is 228 g/mol. The number of hydrogen-bond acceptors (Lipinski definition) is 2. The second kappa shape index (κ2) is 5.39. The van der Waals surface area contributed by atoms with Crippen LogP contribution in [0, 0.1) is 5.82 Å². The molecule has 2 nitrogen and oxygen atoms in total. The quantitative estimate of drug-likeness (QED) is 0.719. The molecule has 84 valence electrons. The molecule has 0 aliphatic carbocycles. The maximum atomic E-state index is 13.6. The molecular formula is C11H17FO2Si. The lowest BCUT2D eigenvalue weighted by atomic mass is 10.3. The average molecular weight is 228 g/mol. The standard InChI is InChI=1S/C11H17FO2Si/c1-4-13-15(3,14-5-2)11-9-7-6-8-10(11)12/h6-9H,4-5H2,1-3H3. The van der Waals surface area contributed by atoms with Crippen molar-refractivity contribution in [3.05, 3.63) is 30.1 Å². The molecular weight excluding hydrogens is 211 g/mol. The first-order chi connectivity index (χ1) is 7.14. The van der Waals surface area contributed by atoms with Crippen LogP contribution in [-0.4, -0.2) is 21.8 Å². The van der Waals surface area contributed by atoms with Crippen LogP contribution in [0.15, 0.2) is 24.3 Å². The Morgan fingerprint density at radius 1 is 1.13 bits per heavy atom. The molecule has 15 heavy (non-hydrogen) atoms. The van der Waals surface area contributed by atoms with Gasteiger partial charge < -0.3 is 8.85 Å². The first-order valence-electron chi connectivity index (χ1n) is 5.17. The van der Waals surface area contributed by atoms with Gasteiger partial charge in [-0.2, -0.15) is 0 Å². The largest absolute Gasteiger partial charge is 0.391 e. The van der Waals surface area contributed by atoms with Crippen molar-refractivity contribution in [2.45, 2.75) is 20.4 Å². The predicted octanol–water partition coefficient (Wildman–Crippen LogP) is 2.18. The number of benzene rings is 1. The normalized spacial score (nSPS) is 11.7. The zero-order valence-corrected chi connectivity index (χ0v) is 10.4. The van der Waals surface area contributed by atoms with Crippen molar-refractivity contribution in [3.63, 3.8) is 0 Å². The molecule has 0 aromatic heterocycles. The van der Waals surface area contributed by atoms with Crippen LogP contribution in [0.1, 0.15) is 13.8 Å². The van der Waals surface area contributed by atoms with Crippen molar-refractivity contribution in [1.82, 2.24) is 0 Å². The van der Waals surface area contributed by atoms with Gasteiger partial charge in [0.05, 0.1) is 0 Å². The highest BCUT2D eigenvalue weighted by Crippen LogP contribution is 2.10. The van der Waals surface area contributed by atoms with E-state index >= 15 is 0 Å². The van der Waals surface area contributed by atoms with E-state index in [9.17, 15) is 4.39 Å². The molecule has 0 radical (unpaired) electrons. The van der Waals surface area contributed by atoms with E-state index in [0.29, 0.717) is 18.4 Å². The van der Waals surface area contributed by atoms with Gasteiger partial charge in [0.25, 0.3) is 0 Å². The second-order valence-electron chi connectivity index (χ2n) is 3.29. The van der Waals surface area contributed by atoms with Crippen LogP contribution in [0.4, 0.5) is 4.39 Å². The molecule has 1 aromatic rings. The van der Waals surface area contributed by atoms with Crippen molar-refractivity contribution in [1.29, 1.82) is 0 Å². The molecule has 0 saturated heterocycles. The highest BCUT2D eigenvalue weighted by molar-refractivity contribution is 6.80. The number of halogens is 1. The van der Waals surface area contributed by atoms with Gasteiger partial charge in [0.15, 0.2) is 0 Å². The Bertz CT molecular complexity index is 311. The Balaban J connectivity index is 3.03. The molecule has 0 spiro atoms. The lowest BCUT2D eigenvalue weighted by Gasteiger charge is -2.26. The number of rotatable bonds is 5. The summed E-state index contributed by atoms with van der Waals surface area (Å²) < 4.78 is 24.8. The Morgan fingerprint density at radius 2 is 1.67 bits per heavy atom. The van der Waals surface area contributed by atoms with Crippen LogP contribution in [0.2, 0.25) is 6.55 Å². The summed E-state index contributed by atoms with van der Waals surface area (Å²) in [7, 11) is -2.55. The summed E-state index contributed by atoms with van der Waals surface area (Å²) in [4.78, 5) is 0. The predicted molar refractivity (Wildman–Crippen MR) is 60.9 cm³/mol. The maximum absolute atomic E-state index is 13.6. The summed E-state index contributed by atoms with van der Waals surface area (Å²) in [5.74, 6) is -0.242. The third kappa shape index (κ3) is 2.87. The molecule has 0 unspecified atom stereocenters. The highest BCUT2D eigenvalue weighted by atomic mass is 28.4. The van der Waals surface area contributed by atoms with Crippen LogP contribution in [0.3, 0.4) is 0 Å². The summed E-state index contributed by atoms with van der Waals surface area (Å²) >= 11 is 0. The lowest BCUT2D eigenvalue weighted by Crippen LogP contribution is -2.52. The first kappa shape index (κ1) is 12.4. The van der Waals surface area contributed by atoms with Gasteiger partial charge in [-0.05, 0) is 26.5 Å². The first-order valence-corrected chi connectivity index (χ1v) is 7.48. The molecule has 0 atom stereocenters. The van der Waals surface area contributed by atoms with Gasteiger partial charge in [-0.1, -0.05) is 18.2 Å². The third-order valence-corrected chi connectivity index (χ3v) is 5.27. The van der Waals surface area contributed by atoms with E-state index in [2.05, 4.69) is 0 Å². The molecule has 0 heterocycles. The maximum Gasteiger partial charge on any atom is 0.372 e. The van der Waals surface area contributed by atoms with E-state index in [-0.39, 0.29) is 5.82 Å². The minimum Gasteiger partial charge on any atom is -0.391 e. The third-order valence-electron chi connectivity index (χ3n) is 2.20. The van der Waals surface area contributed by atoms with Crippen LogP contribution < -0.4 is 5.19 Å². The zero-order chi connectivity index (χ0) is 11.3. The molecule has 0 saturated carbocycles. The van der Waals surface area contributed by atoms with Gasteiger partial charge in [0.1, 0.15) is 5.82 Å². The zero-order valence-electron chi connectivity index (χ0n) is 9.42. The SMILES string of the molecule is CCO[Si](C)(OCC)c1ccccc1F. The van der Waals surface area contributed by atoms with E-state index in [1.165, 1.54) is 6.07 Å². The Hall–Kier alpha value is -0.713. The smallest absolute Gasteiger partial charge is 0.372 e. The molecule has 4 heteroatoms. The van der Waals surface area contributed by atoms with Crippen molar-refractivity contribution in [3.8, 4) is 0 Å². The molecule has 1 rings (SSSR count). The molecule has 0 amide bonds. The topological polar surface area (TPSA) is 18.5 Å². The summed E-state index contributed by atoms with van der Waals surface area (Å²) in [6.07, 6.45) is 0. The molecule has 0 N–H and O–H groups in total. The Kier molecular flexibility index (Phi) is 4.44. The minimum absolute atomic E-state index is 0.242. The summed E-state index contributed by atoms with van der Waals surface area (Å²) in [6, 6.07) is 6.67. The van der Waals surface area contributed by atoms with Crippen molar-refractivity contribution in [2.24, 2.45) is 0 Å². The van der Waals surface area contributed by atoms with Crippen molar-refractivity contribution in [2.75, 3.05) is 13.2 Å². The average Bonchev–Trinajstić information content (AvgIpc) is 2.19. The van der Waals surface area contributed by atoms with E-state index in [0.717, 1.165) is 0 Å². The number of hydrogen-bond donors (Lipinski definition) is 0. The van der Waals surface area contributed by atoms with Gasteiger partial charge in [0.2, 0.25) is 0 Å². The molecule has 0 aliphatic rings. The fourth-order valence-electron chi connectivity index (χ4n) is 1.58. The van der Waals surface area contributed by atoms with E-state index in [4.69, 9.17) is 8.85 Å². The van der Waals surface area contributed by atoms with Gasteiger partial charge >= 0.3 is 8.56 Å². The van der Waals surface area contributed by atoms with Crippen LogP contribution in [0.5, 0.6) is 0 Å². The highest BCUT2D eigenvalue weighted by Gasteiger charge is 2.35. The van der Waals surface area contributed by atoms with E-state index < -0.39 is 8.56 Å². The van der Waals surface area contributed by atoms with Crippen LogP contribution >= 0.6 is 0 Å². The van der Waals surface area contributed by atoms with E-state index in [1.807, 2.05) is 26.5 Å². The van der Waals surface area contributed by atoms with E-state index in [1.54, 1.807) is 12.1 Å². The second-order valence-corrected chi connectivity index (χ2v) is 6.30. The summed E-state index contributed by atoms with van der Waals surface area (Å²) in [5, 5.41) is 0.578. The Labute approximate surface area is 91.3 Å². The Morgan fingerprint density at radius 3 is 2.13 bits per heavy atom. The van der Waals surface area contributed by atoms with Crippen molar-refractivity contribution >= 4 is 13.7 Å². The molecule has 0 bridgehead atoms. The van der Waals surface area contributed by atoms with Crippen LogP contribution in [0.25, 0.3) is 0 Å². The fourth-order valence-corrected chi connectivity index (χ4v) is 3.99. The van der Waals surface area contributed by atoms with Crippen LogP contribution in [-0.2, 0) is 8.85 Å². The fraction of sp³-hybridized carbons (Fsp3) is 0.455. The van der Waals surface area contributed by atoms with Gasteiger partial charge in [-0.25, -0.2) is 4.39 Å². The summed E-state index contributed by atoms with van der Waals surface area (Å²) in [5.41, 5.74) is 0. The van der Waals surface area contributed by atoms with Gasteiger partial charge in [-0.15, -0.1) is 0 Å². The molecule has 0 fully saturated rings. The van der Waals surface area contributed by atoms with Crippen molar-refractivity contribution < 1.29 is 13.2 Å².